The average Bonchev–Trinajstić information content (AvgIpc) is 2.91. The quantitative estimate of drug-likeness (QED) is 0.370. The number of nitro groups is 1. The standard InChI is InChI=1S/C7H5NO5.C5H8O4/c9-7(10)13-6-3-1-5(2-4-6)8(11)12;6-5(7)9-4-1-2-8-3-4/h1-4H,(H,9,10);4H,1-3H2,(H,6,7). The highest BCUT2D eigenvalue weighted by Gasteiger charge is 2.18. The number of ether oxygens (including phenoxy) is 3. The van der Waals surface area contributed by atoms with Crippen LogP contribution in [0, 0.1) is 10.1 Å². The molecule has 1 aromatic rings. The Morgan fingerprint density at radius 3 is 2.27 bits per heavy atom. The predicted molar refractivity (Wildman–Crippen MR) is 70.1 cm³/mol. The van der Waals surface area contributed by atoms with E-state index in [1.54, 1.807) is 0 Å². The van der Waals surface area contributed by atoms with Crippen LogP contribution < -0.4 is 4.74 Å². The van der Waals surface area contributed by atoms with Crippen LogP contribution in [0.5, 0.6) is 5.75 Å². The summed E-state index contributed by atoms with van der Waals surface area (Å²) in [4.78, 5) is 29.5. The van der Waals surface area contributed by atoms with E-state index in [0.717, 1.165) is 12.1 Å². The SMILES string of the molecule is O=C(O)OC1CCOC1.O=C(O)Oc1ccc([N+](=O)[O-])cc1. The van der Waals surface area contributed by atoms with E-state index in [0.29, 0.717) is 19.6 Å². The van der Waals surface area contributed by atoms with Gasteiger partial charge in [-0.1, -0.05) is 0 Å². The van der Waals surface area contributed by atoms with Gasteiger partial charge in [-0.3, -0.25) is 10.1 Å². The van der Waals surface area contributed by atoms with Crippen molar-refractivity contribution in [3.8, 4) is 5.75 Å². The fourth-order valence-electron chi connectivity index (χ4n) is 1.49. The predicted octanol–water partition coefficient (Wildman–Crippen LogP) is 2.12. The number of nitro benzene ring substituents is 1. The van der Waals surface area contributed by atoms with Crippen LogP contribution in [0.25, 0.3) is 0 Å². The van der Waals surface area contributed by atoms with Crippen LogP contribution in [-0.4, -0.2) is 46.8 Å². The van der Waals surface area contributed by atoms with E-state index in [2.05, 4.69) is 9.47 Å². The normalized spacial score (nSPS) is 16.1. The van der Waals surface area contributed by atoms with Gasteiger partial charge in [0.15, 0.2) is 0 Å². The van der Waals surface area contributed by atoms with Gasteiger partial charge in [0.2, 0.25) is 0 Å². The van der Waals surface area contributed by atoms with Gasteiger partial charge in [-0.15, -0.1) is 0 Å². The topological polar surface area (TPSA) is 145 Å². The summed E-state index contributed by atoms with van der Waals surface area (Å²) in [5.74, 6) is 0.0538. The molecule has 120 valence electrons. The second-order valence-electron chi connectivity index (χ2n) is 3.99. The summed E-state index contributed by atoms with van der Waals surface area (Å²) in [6.45, 7) is 1.02. The number of non-ortho nitro benzene ring substituents is 1. The summed E-state index contributed by atoms with van der Waals surface area (Å²) in [6, 6.07) is 4.76. The molecule has 22 heavy (non-hydrogen) atoms. The largest absolute Gasteiger partial charge is 0.511 e. The van der Waals surface area contributed by atoms with Crippen molar-refractivity contribution in [2.75, 3.05) is 13.2 Å². The van der Waals surface area contributed by atoms with Crippen LogP contribution in [-0.2, 0) is 9.47 Å². The van der Waals surface area contributed by atoms with Crippen LogP contribution in [0.15, 0.2) is 24.3 Å². The molecule has 1 aliphatic heterocycles. The molecule has 10 heteroatoms. The number of benzene rings is 1. The van der Waals surface area contributed by atoms with Gasteiger partial charge in [0.1, 0.15) is 11.9 Å². The minimum atomic E-state index is -1.45. The lowest BCUT2D eigenvalue weighted by atomic mass is 10.3. The lowest BCUT2D eigenvalue weighted by Gasteiger charge is -2.03. The van der Waals surface area contributed by atoms with Crippen LogP contribution in [0.1, 0.15) is 6.42 Å². The van der Waals surface area contributed by atoms with Crippen molar-refractivity contribution in [2.45, 2.75) is 12.5 Å². The number of carbonyl (C=O) groups is 2. The molecule has 10 nitrogen and oxygen atoms in total. The maximum Gasteiger partial charge on any atom is 0.511 e. The molecule has 0 saturated carbocycles. The number of rotatable bonds is 3. The van der Waals surface area contributed by atoms with Crippen LogP contribution in [0.4, 0.5) is 15.3 Å². The van der Waals surface area contributed by atoms with Crippen molar-refractivity contribution in [3.05, 3.63) is 34.4 Å². The fourth-order valence-corrected chi connectivity index (χ4v) is 1.49. The number of nitrogens with zero attached hydrogens (tertiary/aromatic N) is 1. The first kappa shape index (κ1) is 17.2. The Morgan fingerprint density at radius 2 is 1.86 bits per heavy atom. The molecule has 0 bridgehead atoms. The molecule has 1 heterocycles. The first-order chi connectivity index (χ1) is 10.4. The smallest absolute Gasteiger partial charge is 0.450 e. The second-order valence-corrected chi connectivity index (χ2v) is 3.99. The van der Waals surface area contributed by atoms with Crippen LogP contribution >= 0.6 is 0 Å². The van der Waals surface area contributed by atoms with Gasteiger partial charge in [-0.2, -0.15) is 0 Å². The van der Waals surface area contributed by atoms with Gasteiger partial charge in [0.05, 0.1) is 18.1 Å². The number of carboxylic acid groups (broad SMARTS) is 2. The van der Waals surface area contributed by atoms with E-state index < -0.39 is 17.2 Å². The fraction of sp³-hybridized carbons (Fsp3) is 0.333. The Labute approximate surface area is 124 Å². The second kappa shape index (κ2) is 8.42. The zero-order chi connectivity index (χ0) is 16.5. The summed E-state index contributed by atoms with van der Waals surface area (Å²) in [5, 5.41) is 26.5. The van der Waals surface area contributed by atoms with Crippen molar-refractivity contribution < 1.29 is 38.9 Å². The molecule has 0 aliphatic carbocycles. The third-order valence-electron chi connectivity index (χ3n) is 2.41. The Balaban J connectivity index is 0.000000235. The van der Waals surface area contributed by atoms with E-state index in [4.69, 9.17) is 14.9 Å². The highest BCUT2D eigenvalue weighted by atomic mass is 16.7. The first-order valence-electron chi connectivity index (χ1n) is 6.01. The van der Waals surface area contributed by atoms with E-state index in [1.165, 1.54) is 12.1 Å². The van der Waals surface area contributed by atoms with Crippen LogP contribution in [0.3, 0.4) is 0 Å². The van der Waals surface area contributed by atoms with Gasteiger partial charge in [0, 0.05) is 18.6 Å². The zero-order valence-corrected chi connectivity index (χ0v) is 11.2. The zero-order valence-electron chi connectivity index (χ0n) is 11.2. The first-order valence-corrected chi connectivity index (χ1v) is 6.01. The molecule has 0 spiro atoms. The van der Waals surface area contributed by atoms with Crippen molar-refractivity contribution >= 4 is 18.0 Å². The molecule has 0 amide bonds. The molecule has 1 aromatic carbocycles. The molecule has 0 radical (unpaired) electrons. The molecule has 1 aliphatic rings. The molecule has 1 saturated heterocycles. The number of hydrogen-bond donors (Lipinski definition) is 2. The molecule has 1 unspecified atom stereocenters. The van der Waals surface area contributed by atoms with Crippen molar-refractivity contribution in [3.63, 3.8) is 0 Å². The van der Waals surface area contributed by atoms with Gasteiger partial charge in [-0.05, 0) is 12.1 Å². The Hall–Kier alpha value is -2.88. The monoisotopic (exact) mass is 315 g/mol. The van der Waals surface area contributed by atoms with Crippen molar-refractivity contribution in [1.82, 2.24) is 0 Å². The van der Waals surface area contributed by atoms with E-state index >= 15 is 0 Å². The molecule has 1 fully saturated rings. The highest BCUT2D eigenvalue weighted by molar-refractivity contribution is 5.61. The third kappa shape index (κ3) is 6.52. The van der Waals surface area contributed by atoms with E-state index in [1.807, 2.05) is 0 Å². The molecule has 0 aromatic heterocycles. The van der Waals surface area contributed by atoms with Crippen LogP contribution in [0.2, 0.25) is 0 Å². The maximum atomic E-state index is 10.2. The van der Waals surface area contributed by atoms with Gasteiger partial charge >= 0.3 is 12.3 Å². The number of hydrogen-bond acceptors (Lipinski definition) is 7. The minimum absolute atomic E-state index is 0.0538. The minimum Gasteiger partial charge on any atom is -0.450 e. The van der Waals surface area contributed by atoms with Gasteiger partial charge in [0.25, 0.3) is 5.69 Å². The molecule has 2 N–H and O–H groups in total. The summed E-state index contributed by atoms with van der Waals surface area (Å²) >= 11 is 0. The molecule has 2 rings (SSSR count). The van der Waals surface area contributed by atoms with Crippen molar-refractivity contribution in [2.24, 2.45) is 0 Å². The molecular weight excluding hydrogens is 302 g/mol. The Bertz CT molecular complexity index is 522. The molecular formula is C12H13NO9. The summed E-state index contributed by atoms with van der Waals surface area (Å²) in [7, 11) is 0. The summed E-state index contributed by atoms with van der Waals surface area (Å²) < 4.78 is 13.5. The summed E-state index contributed by atoms with van der Waals surface area (Å²) in [5.41, 5.74) is -0.113. The Morgan fingerprint density at radius 1 is 1.23 bits per heavy atom. The maximum absolute atomic E-state index is 10.2. The lowest BCUT2D eigenvalue weighted by molar-refractivity contribution is -0.384. The summed E-state index contributed by atoms with van der Waals surface area (Å²) in [6.07, 6.45) is -2.21. The lowest BCUT2D eigenvalue weighted by Crippen LogP contribution is -2.15. The van der Waals surface area contributed by atoms with E-state index in [-0.39, 0.29) is 17.5 Å². The highest BCUT2D eigenvalue weighted by Crippen LogP contribution is 2.17. The average molecular weight is 315 g/mol. The van der Waals surface area contributed by atoms with Gasteiger partial charge in [-0.25, -0.2) is 9.59 Å². The Kier molecular flexibility index (Phi) is 6.57. The van der Waals surface area contributed by atoms with E-state index in [9.17, 15) is 19.7 Å². The van der Waals surface area contributed by atoms with Crippen molar-refractivity contribution in [1.29, 1.82) is 0 Å². The van der Waals surface area contributed by atoms with Gasteiger partial charge < -0.3 is 24.4 Å². The third-order valence-corrected chi connectivity index (χ3v) is 2.41. The molecule has 1 atom stereocenters.